The molecule has 0 aliphatic carbocycles. The van der Waals surface area contributed by atoms with Crippen LogP contribution in [0.4, 0.5) is 11.5 Å². The van der Waals surface area contributed by atoms with Gasteiger partial charge >= 0.3 is 0 Å². The number of pyridine rings is 1. The molecule has 0 atom stereocenters. The second kappa shape index (κ2) is 8.04. The van der Waals surface area contributed by atoms with Gasteiger partial charge in [0, 0.05) is 24.1 Å². The van der Waals surface area contributed by atoms with Gasteiger partial charge in [0.2, 0.25) is 0 Å². The Bertz CT molecular complexity index is 1020. The Balaban J connectivity index is 1.80. The molecule has 0 bridgehead atoms. The zero-order valence-electron chi connectivity index (χ0n) is 16.2. The van der Waals surface area contributed by atoms with Crippen molar-refractivity contribution in [3.63, 3.8) is 0 Å². The van der Waals surface area contributed by atoms with Crippen LogP contribution in [0.25, 0.3) is 0 Å². The maximum atomic E-state index is 12.8. The summed E-state index contributed by atoms with van der Waals surface area (Å²) in [5.41, 5.74) is 3.36. The number of aryl methyl sites for hydroxylation is 2. The van der Waals surface area contributed by atoms with Gasteiger partial charge in [-0.15, -0.1) is 0 Å². The number of rotatable bonds is 5. The number of nitrogens with one attached hydrogen (secondary N) is 2. The summed E-state index contributed by atoms with van der Waals surface area (Å²) in [5.74, 6) is 0.403. The smallest absolute Gasteiger partial charge is 0.258 e. The normalized spacial score (nSPS) is 10.8. The van der Waals surface area contributed by atoms with E-state index >= 15 is 0 Å². The van der Waals surface area contributed by atoms with E-state index in [1.165, 1.54) is 18.5 Å². The molecule has 7 nitrogen and oxygen atoms in total. The fraction of sp³-hybridized carbons (Fsp3) is 0.238. The lowest BCUT2D eigenvalue weighted by Crippen LogP contribution is -2.17. The van der Waals surface area contributed by atoms with Crippen LogP contribution in [0.1, 0.15) is 57.4 Å². The van der Waals surface area contributed by atoms with E-state index in [1.54, 1.807) is 13.0 Å². The minimum atomic E-state index is -0.422. The second-order valence-corrected chi connectivity index (χ2v) is 6.89. The highest BCUT2D eigenvalue weighted by Gasteiger charge is 2.16. The van der Waals surface area contributed by atoms with Crippen LogP contribution in [0.5, 0.6) is 0 Å². The summed E-state index contributed by atoms with van der Waals surface area (Å²) < 4.78 is 4.93. The molecule has 0 saturated carbocycles. The van der Waals surface area contributed by atoms with Gasteiger partial charge in [-0.2, -0.15) is 0 Å². The van der Waals surface area contributed by atoms with Crippen LogP contribution in [0.2, 0.25) is 0 Å². The van der Waals surface area contributed by atoms with Gasteiger partial charge in [-0.1, -0.05) is 37.2 Å². The summed E-state index contributed by atoms with van der Waals surface area (Å²) in [5, 5.41) is 9.29. The molecule has 144 valence electrons. The number of para-hydroxylation sites is 1. The molecule has 0 saturated heterocycles. The molecule has 3 aromatic rings. The zero-order valence-corrected chi connectivity index (χ0v) is 16.2. The number of amides is 2. The Labute approximate surface area is 163 Å². The van der Waals surface area contributed by atoms with Gasteiger partial charge in [-0.3, -0.25) is 14.6 Å². The number of carbonyl (C=O) groups excluding carboxylic acids is 2. The van der Waals surface area contributed by atoms with E-state index in [0.717, 1.165) is 16.8 Å². The van der Waals surface area contributed by atoms with Gasteiger partial charge < -0.3 is 15.2 Å². The summed E-state index contributed by atoms with van der Waals surface area (Å²) in [4.78, 5) is 29.2. The van der Waals surface area contributed by atoms with Gasteiger partial charge in [0.15, 0.2) is 5.82 Å². The van der Waals surface area contributed by atoms with Crippen LogP contribution in [0.15, 0.2) is 47.2 Å². The average molecular weight is 378 g/mol. The van der Waals surface area contributed by atoms with Crippen LogP contribution in [-0.4, -0.2) is 22.0 Å². The van der Waals surface area contributed by atoms with Crippen molar-refractivity contribution in [2.24, 2.45) is 0 Å². The van der Waals surface area contributed by atoms with E-state index in [0.29, 0.717) is 17.1 Å². The number of hydrogen-bond acceptors (Lipinski definition) is 5. The third-order valence-corrected chi connectivity index (χ3v) is 4.30. The van der Waals surface area contributed by atoms with Gasteiger partial charge in [0.05, 0.1) is 11.1 Å². The number of nitrogens with zero attached hydrogens (tertiary/aromatic N) is 2. The minimum Gasteiger partial charge on any atom is -0.360 e. The molecule has 2 heterocycles. The molecule has 1 aromatic carbocycles. The second-order valence-electron chi connectivity index (χ2n) is 6.89. The molecule has 7 heteroatoms. The first kappa shape index (κ1) is 19.3. The van der Waals surface area contributed by atoms with E-state index < -0.39 is 5.91 Å². The lowest BCUT2D eigenvalue weighted by atomic mass is 9.98. The highest BCUT2D eigenvalue weighted by Crippen LogP contribution is 2.27. The highest BCUT2D eigenvalue weighted by molar-refractivity contribution is 6.08. The Kier molecular flexibility index (Phi) is 5.54. The molecule has 0 aliphatic rings. The number of anilines is 2. The number of carbonyl (C=O) groups is 2. The van der Waals surface area contributed by atoms with Gasteiger partial charge in [0.1, 0.15) is 5.76 Å². The summed E-state index contributed by atoms with van der Waals surface area (Å²) in [7, 11) is 0. The van der Waals surface area contributed by atoms with Gasteiger partial charge in [0.25, 0.3) is 11.8 Å². The first-order valence-corrected chi connectivity index (χ1v) is 8.95. The van der Waals surface area contributed by atoms with Crippen LogP contribution >= 0.6 is 0 Å². The molecule has 2 amide bonds. The summed E-state index contributed by atoms with van der Waals surface area (Å²) in [6, 6.07) is 9.02. The first-order chi connectivity index (χ1) is 13.3. The van der Waals surface area contributed by atoms with Crippen molar-refractivity contribution in [1.29, 1.82) is 0 Å². The van der Waals surface area contributed by atoms with Crippen LogP contribution in [-0.2, 0) is 0 Å². The third-order valence-electron chi connectivity index (χ3n) is 4.30. The number of aromatic nitrogens is 2. The molecular formula is C21H22N4O3. The van der Waals surface area contributed by atoms with Gasteiger partial charge in [-0.25, -0.2) is 0 Å². The van der Waals surface area contributed by atoms with Crippen LogP contribution < -0.4 is 10.6 Å². The molecule has 2 aromatic heterocycles. The Morgan fingerprint density at radius 3 is 2.29 bits per heavy atom. The van der Waals surface area contributed by atoms with E-state index in [-0.39, 0.29) is 17.4 Å². The molecular weight excluding hydrogens is 356 g/mol. The average Bonchev–Trinajstić information content (AvgIpc) is 3.07. The maximum absolute atomic E-state index is 12.8. The lowest BCUT2D eigenvalue weighted by molar-refractivity contribution is 0.102. The van der Waals surface area contributed by atoms with E-state index in [2.05, 4.69) is 34.6 Å². The molecule has 0 fully saturated rings. The van der Waals surface area contributed by atoms with E-state index in [1.807, 2.05) is 25.1 Å². The Morgan fingerprint density at radius 1 is 1.00 bits per heavy atom. The van der Waals surface area contributed by atoms with Crippen molar-refractivity contribution in [3.05, 3.63) is 70.7 Å². The topological polar surface area (TPSA) is 97.1 Å². The van der Waals surface area contributed by atoms with E-state index in [4.69, 9.17) is 4.52 Å². The van der Waals surface area contributed by atoms with Crippen molar-refractivity contribution in [2.45, 2.75) is 33.6 Å². The summed E-state index contributed by atoms with van der Waals surface area (Å²) >= 11 is 0. The standard InChI is InChI=1S/C21H22N4O3/c1-12(2)17-7-5-6-13(3)19(17)24-21(27)16-9-15(10-22-11-16)20(26)23-18-8-14(4)28-25-18/h5-12H,1-4H3,(H,24,27)(H,23,25,26). The number of hydrogen-bond donors (Lipinski definition) is 2. The predicted octanol–water partition coefficient (Wildman–Crippen LogP) is 4.31. The lowest BCUT2D eigenvalue weighted by Gasteiger charge is -2.16. The molecule has 0 spiro atoms. The summed E-state index contributed by atoms with van der Waals surface area (Å²) in [6.45, 7) is 7.82. The largest absolute Gasteiger partial charge is 0.360 e. The molecule has 3 rings (SSSR count). The third kappa shape index (κ3) is 4.25. The Hall–Kier alpha value is -3.48. The quantitative estimate of drug-likeness (QED) is 0.689. The van der Waals surface area contributed by atoms with E-state index in [9.17, 15) is 9.59 Å². The summed E-state index contributed by atoms with van der Waals surface area (Å²) in [6.07, 6.45) is 2.83. The fourth-order valence-corrected chi connectivity index (χ4v) is 2.83. The van der Waals surface area contributed by atoms with Crippen LogP contribution in [0.3, 0.4) is 0 Å². The van der Waals surface area contributed by atoms with Crippen LogP contribution in [0, 0.1) is 13.8 Å². The predicted molar refractivity (Wildman–Crippen MR) is 107 cm³/mol. The molecule has 0 unspecified atom stereocenters. The Morgan fingerprint density at radius 2 is 1.68 bits per heavy atom. The van der Waals surface area contributed by atoms with Crippen molar-refractivity contribution in [3.8, 4) is 0 Å². The minimum absolute atomic E-state index is 0.252. The molecule has 2 N–H and O–H groups in total. The van der Waals surface area contributed by atoms with Crippen molar-refractivity contribution >= 4 is 23.3 Å². The first-order valence-electron chi connectivity index (χ1n) is 8.95. The highest BCUT2D eigenvalue weighted by atomic mass is 16.5. The number of benzene rings is 1. The molecule has 0 aliphatic heterocycles. The maximum Gasteiger partial charge on any atom is 0.258 e. The van der Waals surface area contributed by atoms with Crippen molar-refractivity contribution in [1.82, 2.24) is 10.1 Å². The SMILES string of the molecule is Cc1cc(NC(=O)c2cncc(C(=O)Nc3c(C)cccc3C(C)C)c2)no1. The van der Waals surface area contributed by atoms with Crippen molar-refractivity contribution < 1.29 is 14.1 Å². The monoisotopic (exact) mass is 378 g/mol. The fourth-order valence-electron chi connectivity index (χ4n) is 2.83. The van der Waals surface area contributed by atoms with Crippen molar-refractivity contribution in [2.75, 3.05) is 10.6 Å². The molecule has 28 heavy (non-hydrogen) atoms. The molecule has 0 radical (unpaired) electrons. The van der Waals surface area contributed by atoms with Gasteiger partial charge in [-0.05, 0) is 37.0 Å². The zero-order chi connectivity index (χ0) is 20.3.